The molecule has 32 heavy (non-hydrogen) atoms. The van der Waals surface area contributed by atoms with Crippen molar-refractivity contribution in [1.29, 1.82) is 5.26 Å². The van der Waals surface area contributed by atoms with Crippen LogP contribution in [0, 0.1) is 18.3 Å². The lowest BCUT2D eigenvalue weighted by Gasteiger charge is -2.48. The third-order valence-corrected chi connectivity index (χ3v) is 6.63. The largest absolute Gasteiger partial charge is 0.433 e. The molecule has 0 aliphatic carbocycles. The van der Waals surface area contributed by atoms with Crippen LogP contribution in [0.5, 0.6) is 0 Å². The van der Waals surface area contributed by atoms with Gasteiger partial charge in [0.1, 0.15) is 11.2 Å². The van der Waals surface area contributed by atoms with Gasteiger partial charge in [0.05, 0.1) is 27.8 Å². The summed E-state index contributed by atoms with van der Waals surface area (Å²) in [6, 6.07) is 8.39. The topological polar surface area (TPSA) is 120 Å². The van der Waals surface area contributed by atoms with E-state index >= 15 is 0 Å². The van der Waals surface area contributed by atoms with Gasteiger partial charge in [-0.3, -0.25) is 9.59 Å². The third-order valence-electron chi connectivity index (χ3n) is 5.28. The first kappa shape index (κ1) is 23.2. The molecule has 2 aromatic rings. The molecule has 1 aromatic heterocycles. The number of carbonyl (C=O) groups excluding carboxylic acids is 2. The Labute approximate surface area is 181 Å². The fourth-order valence-electron chi connectivity index (χ4n) is 3.21. The number of hydrogen-bond acceptors (Lipinski definition) is 6. The van der Waals surface area contributed by atoms with Crippen molar-refractivity contribution in [2.45, 2.75) is 36.9 Å². The molecular formula is C20H17F3N4O4S. The lowest BCUT2D eigenvalue weighted by atomic mass is 9.85. The molecule has 168 valence electrons. The molecule has 8 nitrogen and oxygen atoms in total. The summed E-state index contributed by atoms with van der Waals surface area (Å²) in [7, 11) is -4.27. The number of alkyl halides is 3. The molecule has 1 saturated heterocycles. The molecule has 1 aliphatic heterocycles. The third kappa shape index (κ3) is 4.16. The molecule has 2 heterocycles. The molecule has 0 saturated carbocycles. The number of pyridine rings is 1. The van der Waals surface area contributed by atoms with E-state index in [-0.39, 0.29) is 34.7 Å². The zero-order chi connectivity index (χ0) is 23.9. The molecule has 1 N–H and O–H groups in total. The number of sulfonamides is 1. The summed E-state index contributed by atoms with van der Waals surface area (Å²) in [6.07, 6.45) is -4.52. The van der Waals surface area contributed by atoms with Crippen molar-refractivity contribution < 1.29 is 31.2 Å². The quantitative estimate of drug-likeness (QED) is 0.739. The first-order valence-electron chi connectivity index (χ1n) is 9.24. The van der Waals surface area contributed by atoms with E-state index in [4.69, 9.17) is 5.26 Å². The minimum absolute atomic E-state index is 0.111. The Balaban J connectivity index is 1.81. The SMILES string of the molecule is Cc1nc(C(F)(F)F)ccc1C(=O)N1CCC1(C)C(=O)NS(=O)(=O)c1ccc(C#N)cc1. The summed E-state index contributed by atoms with van der Waals surface area (Å²) in [5, 5.41) is 8.81. The van der Waals surface area contributed by atoms with Gasteiger partial charge in [-0.05, 0) is 56.7 Å². The van der Waals surface area contributed by atoms with Gasteiger partial charge in [0, 0.05) is 6.54 Å². The van der Waals surface area contributed by atoms with Crippen molar-refractivity contribution in [3.05, 3.63) is 58.9 Å². The normalized spacial score (nSPS) is 18.4. The molecule has 1 unspecified atom stereocenters. The monoisotopic (exact) mass is 466 g/mol. The van der Waals surface area contributed by atoms with Gasteiger partial charge in [-0.15, -0.1) is 0 Å². The van der Waals surface area contributed by atoms with Gasteiger partial charge in [-0.25, -0.2) is 18.1 Å². The number of nitriles is 1. The average molecular weight is 466 g/mol. The lowest BCUT2D eigenvalue weighted by molar-refractivity contribution is -0.141. The van der Waals surface area contributed by atoms with Crippen molar-refractivity contribution in [2.75, 3.05) is 6.54 Å². The van der Waals surface area contributed by atoms with Crippen LogP contribution in [0.25, 0.3) is 0 Å². The maximum absolute atomic E-state index is 12.9. The number of amides is 2. The highest BCUT2D eigenvalue weighted by atomic mass is 32.2. The summed E-state index contributed by atoms with van der Waals surface area (Å²) in [4.78, 5) is 29.9. The zero-order valence-corrected chi connectivity index (χ0v) is 17.7. The molecule has 1 atom stereocenters. The summed E-state index contributed by atoms with van der Waals surface area (Å²) in [6.45, 7) is 2.72. The summed E-state index contributed by atoms with van der Waals surface area (Å²) in [5.74, 6) is -1.69. The van der Waals surface area contributed by atoms with Crippen molar-refractivity contribution in [3.8, 4) is 6.07 Å². The van der Waals surface area contributed by atoms with Crippen LogP contribution in [0.1, 0.15) is 40.7 Å². The molecule has 0 radical (unpaired) electrons. The van der Waals surface area contributed by atoms with Gasteiger partial charge >= 0.3 is 6.18 Å². The summed E-state index contributed by atoms with van der Waals surface area (Å²) >= 11 is 0. The Bertz CT molecular complexity index is 1240. The Hall–Kier alpha value is -3.46. The van der Waals surface area contributed by atoms with Crippen LogP contribution in [0.4, 0.5) is 13.2 Å². The van der Waals surface area contributed by atoms with Crippen LogP contribution in [-0.2, 0) is 21.0 Å². The van der Waals surface area contributed by atoms with Gasteiger partial charge in [0.15, 0.2) is 0 Å². The molecule has 2 amide bonds. The number of halogens is 3. The number of hydrogen-bond donors (Lipinski definition) is 1. The highest BCUT2D eigenvalue weighted by Gasteiger charge is 2.51. The maximum atomic E-state index is 12.9. The van der Waals surface area contributed by atoms with Crippen LogP contribution in [0.3, 0.4) is 0 Å². The Kier molecular flexibility index (Phi) is 5.73. The van der Waals surface area contributed by atoms with Gasteiger partial charge < -0.3 is 4.90 Å². The molecule has 3 rings (SSSR count). The van der Waals surface area contributed by atoms with E-state index in [2.05, 4.69) is 4.98 Å². The molecule has 0 spiro atoms. The zero-order valence-electron chi connectivity index (χ0n) is 16.9. The number of rotatable bonds is 4. The number of aryl methyl sites for hydroxylation is 1. The molecular weight excluding hydrogens is 449 g/mol. The van der Waals surface area contributed by atoms with Crippen LogP contribution in [0.2, 0.25) is 0 Å². The van der Waals surface area contributed by atoms with E-state index in [0.29, 0.717) is 6.07 Å². The summed E-state index contributed by atoms with van der Waals surface area (Å²) in [5.41, 5.74) is -2.72. The second-order valence-corrected chi connectivity index (χ2v) is 9.06. The standard InChI is InChI=1S/C20H17F3N4O4S/c1-12-15(7-8-16(25-12)20(21,22)23)17(28)27-10-9-19(27,2)18(29)26-32(30,31)14-5-3-13(11-24)4-6-14/h3-8H,9-10H2,1-2H3,(H,26,29). The van der Waals surface area contributed by atoms with Gasteiger partial charge in [-0.1, -0.05) is 0 Å². The molecule has 1 aromatic carbocycles. The number of nitrogens with zero attached hydrogens (tertiary/aromatic N) is 3. The first-order chi connectivity index (χ1) is 14.8. The average Bonchev–Trinajstić information content (AvgIpc) is 2.71. The minimum Gasteiger partial charge on any atom is -0.324 e. The number of likely N-dealkylation sites (tertiary alicyclic amines) is 1. The van der Waals surface area contributed by atoms with Crippen LogP contribution in [-0.4, -0.2) is 42.2 Å². The molecule has 0 bridgehead atoms. The number of carbonyl (C=O) groups is 2. The second kappa shape index (κ2) is 7.90. The van der Waals surface area contributed by atoms with E-state index in [1.54, 1.807) is 0 Å². The maximum Gasteiger partial charge on any atom is 0.433 e. The van der Waals surface area contributed by atoms with E-state index in [1.807, 2.05) is 10.8 Å². The first-order valence-corrected chi connectivity index (χ1v) is 10.7. The predicted octanol–water partition coefficient (Wildman–Crippen LogP) is 2.39. The minimum atomic E-state index is -4.67. The summed E-state index contributed by atoms with van der Waals surface area (Å²) < 4.78 is 65.4. The van der Waals surface area contributed by atoms with E-state index in [9.17, 15) is 31.2 Å². The Morgan fingerprint density at radius 1 is 1.19 bits per heavy atom. The molecule has 12 heteroatoms. The molecule has 1 aliphatic rings. The fraction of sp³-hybridized carbons (Fsp3) is 0.300. The van der Waals surface area contributed by atoms with Gasteiger partial charge in [0.2, 0.25) is 0 Å². The van der Waals surface area contributed by atoms with Crippen molar-refractivity contribution >= 4 is 21.8 Å². The van der Waals surface area contributed by atoms with Gasteiger partial charge in [0.25, 0.3) is 21.8 Å². The Morgan fingerprint density at radius 2 is 1.81 bits per heavy atom. The van der Waals surface area contributed by atoms with E-state index in [0.717, 1.165) is 23.1 Å². The smallest absolute Gasteiger partial charge is 0.324 e. The van der Waals surface area contributed by atoms with E-state index < -0.39 is 39.2 Å². The number of aromatic nitrogens is 1. The van der Waals surface area contributed by atoms with Crippen LogP contribution in [0.15, 0.2) is 41.3 Å². The van der Waals surface area contributed by atoms with Crippen molar-refractivity contribution in [3.63, 3.8) is 0 Å². The number of nitrogens with one attached hydrogen (secondary N) is 1. The second-order valence-electron chi connectivity index (χ2n) is 7.38. The van der Waals surface area contributed by atoms with Gasteiger partial charge in [-0.2, -0.15) is 18.4 Å². The molecule has 1 fully saturated rings. The van der Waals surface area contributed by atoms with Crippen LogP contribution >= 0.6 is 0 Å². The Morgan fingerprint density at radius 3 is 2.28 bits per heavy atom. The van der Waals surface area contributed by atoms with Crippen molar-refractivity contribution in [2.24, 2.45) is 0 Å². The van der Waals surface area contributed by atoms with Crippen molar-refractivity contribution in [1.82, 2.24) is 14.6 Å². The highest BCUT2D eigenvalue weighted by molar-refractivity contribution is 7.90. The van der Waals surface area contributed by atoms with E-state index in [1.165, 1.54) is 26.0 Å². The predicted molar refractivity (Wildman–Crippen MR) is 105 cm³/mol. The lowest BCUT2D eigenvalue weighted by Crippen LogP contribution is -2.67. The number of benzene rings is 1. The highest BCUT2D eigenvalue weighted by Crippen LogP contribution is 2.34. The fourth-order valence-corrected chi connectivity index (χ4v) is 4.29. The van der Waals surface area contributed by atoms with Crippen LogP contribution < -0.4 is 4.72 Å².